The maximum absolute atomic E-state index is 11.6. The summed E-state index contributed by atoms with van der Waals surface area (Å²) >= 11 is 11.1. The zero-order valence-electron chi connectivity index (χ0n) is 7.78. The molecule has 1 aromatic rings. The number of nitrogens with zero attached hydrogens (tertiary/aromatic N) is 1. The van der Waals surface area contributed by atoms with Gasteiger partial charge in [-0.2, -0.15) is 12.6 Å². The van der Waals surface area contributed by atoms with Crippen LogP contribution in [0, 0.1) is 0 Å². The van der Waals surface area contributed by atoms with Crippen LogP contribution in [0.4, 0.5) is 5.69 Å². The van der Waals surface area contributed by atoms with Gasteiger partial charge in [-0.1, -0.05) is 0 Å². The molecule has 0 saturated carbocycles. The van der Waals surface area contributed by atoms with Crippen molar-refractivity contribution in [2.75, 3.05) is 11.4 Å². The van der Waals surface area contributed by atoms with E-state index in [0.717, 1.165) is 14.6 Å². The molecule has 1 aromatic carbocycles. The van der Waals surface area contributed by atoms with E-state index in [1.165, 1.54) is 0 Å². The molecule has 0 spiro atoms. The van der Waals surface area contributed by atoms with Gasteiger partial charge in [-0.25, -0.2) is 0 Å². The molecule has 1 unspecified atom stereocenters. The van der Waals surface area contributed by atoms with Crippen molar-refractivity contribution in [1.29, 1.82) is 0 Å². The number of rotatable bonds is 1. The lowest BCUT2D eigenvalue weighted by atomic mass is 10.3. The second kappa shape index (κ2) is 4.47. The molecule has 80 valence electrons. The third-order valence-electron chi connectivity index (χ3n) is 2.32. The molecule has 1 fully saturated rings. The van der Waals surface area contributed by atoms with Gasteiger partial charge in [0.1, 0.15) is 0 Å². The highest BCUT2D eigenvalue weighted by Gasteiger charge is 2.28. The fraction of sp³-hybridized carbons (Fsp3) is 0.300. The summed E-state index contributed by atoms with van der Waals surface area (Å²) in [5.74, 6) is 0.143. The molecule has 2 nitrogen and oxygen atoms in total. The molecule has 0 aliphatic carbocycles. The molecule has 1 amide bonds. The van der Waals surface area contributed by atoms with Gasteiger partial charge in [0.25, 0.3) is 0 Å². The fourth-order valence-corrected chi connectivity index (χ4v) is 2.52. The molecule has 1 aliphatic rings. The van der Waals surface area contributed by atoms with Crippen LogP contribution < -0.4 is 4.90 Å². The molecule has 0 bridgehead atoms. The van der Waals surface area contributed by atoms with E-state index in [0.29, 0.717) is 13.0 Å². The van der Waals surface area contributed by atoms with Crippen molar-refractivity contribution in [1.82, 2.24) is 0 Å². The fourth-order valence-electron chi connectivity index (χ4n) is 1.59. The molecule has 1 heterocycles. The number of hydrogen-bond acceptors (Lipinski definition) is 2. The molecule has 5 heteroatoms. The number of amides is 1. The molecule has 0 radical (unpaired) electrons. The van der Waals surface area contributed by atoms with Gasteiger partial charge in [0.05, 0.1) is 0 Å². The summed E-state index contributed by atoms with van der Waals surface area (Å²) in [4.78, 5) is 13.4. The lowest BCUT2D eigenvalue weighted by Crippen LogP contribution is -2.24. The topological polar surface area (TPSA) is 20.3 Å². The average molecular weight is 351 g/mol. The summed E-state index contributed by atoms with van der Waals surface area (Å²) in [5, 5.41) is 0.153. The number of carbonyl (C=O) groups is 1. The number of hydrogen-bond donors (Lipinski definition) is 1. The second-order valence-corrected chi connectivity index (χ2v) is 5.90. The first-order chi connectivity index (χ1) is 7.08. The summed E-state index contributed by atoms with van der Waals surface area (Å²) in [6, 6.07) is 5.80. The van der Waals surface area contributed by atoms with Gasteiger partial charge < -0.3 is 4.90 Å². The van der Waals surface area contributed by atoms with E-state index < -0.39 is 0 Å². The Morgan fingerprint density at radius 2 is 2.07 bits per heavy atom. The molecule has 2 rings (SSSR count). The molecule has 0 aromatic heterocycles. The molecule has 1 atom stereocenters. The highest BCUT2D eigenvalue weighted by Crippen LogP contribution is 2.30. The summed E-state index contributed by atoms with van der Waals surface area (Å²) in [7, 11) is 0. The lowest BCUT2D eigenvalue weighted by Gasteiger charge is -2.16. The van der Waals surface area contributed by atoms with E-state index in [9.17, 15) is 4.79 Å². The number of benzene rings is 1. The minimum Gasteiger partial charge on any atom is -0.311 e. The molecular formula is C10H9Br2NOS. The van der Waals surface area contributed by atoms with Gasteiger partial charge in [-0.05, 0) is 50.1 Å². The number of halogens is 2. The number of anilines is 1. The van der Waals surface area contributed by atoms with E-state index in [2.05, 4.69) is 44.5 Å². The predicted octanol–water partition coefficient (Wildman–Crippen LogP) is 3.25. The Bertz CT molecular complexity index is 410. The number of thiol groups is 1. The predicted molar refractivity (Wildman–Crippen MR) is 71.6 cm³/mol. The smallest absolute Gasteiger partial charge is 0.228 e. The largest absolute Gasteiger partial charge is 0.311 e. The first kappa shape index (κ1) is 11.5. The van der Waals surface area contributed by atoms with Crippen LogP contribution in [-0.4, -0.2) is 17.7 Å². The van der Waals surface area contributed by atoms with Gasteiger partial charge in [0.2, 0.25) is 5.91 Å². The highest BCUT2D eigenvalue weighted by atomic mass is 79.9. The van der Waals surface area contributed by atoms with E-state index >= 15 is 0 Å². The standard InChI is InChI=1S/C10H9Br2NOS/c11-8-2-1-6(3-9(8)12)13-5-7(15)4-10(13)14/h1-3,7,15H,4-5H2. The van der Waals surface area contributed by atoms with Crippen molar-refractivity contribution >= 4 is 56.1 Å². The van der Waals surface area contributed by atoms with Crippen LogP contribution >= 0.6 is 44.5 Å². The highest BCUT2D eigenvalue weighted by molar-refractivity contribution is 9.13. The number of carbonyl (C=O) groups excluding carboxylic acids is 1. The van der Waals surface area contributed by atoms with E-state index in [1.54, 1.807) is 4.90 Å². The first-order valence-corrected chi connectivity index (χ1v) is 6.61. The zero-order valence-corrected chi connectivity index (χ0v) is 11.8. The van der Waals surface area contributed by atoms with Crippen LogP contribution in [-0.2, 0) is 4.79 Å². The van der Waals surface area contributed by atoms with Crippen molar-refractivity contribution in [2.24, 2.45) is 0 Å². The van der Waals surface area contributed by atoms with Crippen molar-refractivity contribution in [3.63, 3.8) is 0 Å². The minimum absolute atomic E-state index is 0.143. The summed E-state index contributed by atoms with van der Waals surface area (Å²) in [6.07, 6.45) is 0.525. The molecule has 15 heavy (non-hydrogen) atoms. The van der Waals surface area contributed by atoms with Gasteiger partial charge in [0.15, 0.2) is 0 Å². The summed E-state index contributed by atoms with van der Waals surface area (Å²) in [5.41, 5.74) is 0.923. The summed E-state index contributed by atoms with van der Waals surface area (Å²) in [6.45, 7) is 0.690. The second-order valence-electron chi connectivity index (χ2n) is 3.46. The molecule has 0 N–H and O–H groups in total. The quantitative estimate of drug-likeness (QED) is 0.771. The third kappa shape index (κ3) is 2.40. The van der Waals surface area contributed by atoms with Crippen molar-refractivity contribution < 1.29 is 4.79 Å². The molecule has 1 saturated heterocycles. The molecule has 1 aliphatic heterocycles. The Balaban J connectivity index is 2.30. The van der Waals surface area contributed by atoms with Gasteiger partial charge >= 0.3 is 0 Å². The normalized spacial score (nSPS) is 21.1. The Morgan fingerprint density at radius 1 is 1.33 bits per heavy atom. The van der Waals surface area contributed by atoms with Crippen LogP contribution in [0.5, 0.6) is 0 Å². The average Bonchev–Trinajstić information content (AvgIpc) is 2.50. The van der Waals surface area contributed by atoms with E-state index in [4.69, 9.17) is 0 Å². The van der Waals surface area contributed by atoms with Gasteiger partial charge in [-0.15, -0.1) is 0 Å². The third-order valence-corrected chi connectivity index (χ3v) is 4.55. The maximum Gasteiger partial charge on any atom is 0.228 e. The monoisotopic (exact) mass is 349 g/mol. The first-order valence-electron chi connectivity index (χ1n) is 4.51. The van der Waals surface area contributed by atoms with E-state index in [-0.39, 0.29) is 11.2 Å². The van der Waals surface area contributed by atoms with Gasteiger partial charge in [0, 0.05) is 32.8 Å². The Kier molecular flexibility index (Phi) is 3.42. The van der Waals surface area contributed by atoms with Gasteiger partial charge in [-0.3, -0.25) is 4.79 Å². The minimum atomic E-state index is 0.143. The van der Waals surface area contributed by atoms with Crippen molar-refractivity contribution in [2.45, 2.75) is 11.7 Å². The van der Waals surface area contributed by atoms with Crippen LogP contribution in [0.3, 0.4) is 0 Å². The lowest BCUT2D eigenvalue weighted by molar-refractivity contribution is -0.117. The summed E-state index contributed by atoms with van der Waals surface area (Å²) < 4.78 is 1.94. The van der Waals surface area contributed by atoms with Crippen LogP contribution in [0.1, 0.15) is 6.42 Å². The van der Waals surface area contributed by atoms with Crippen LogP contribution in [0.25, 0.3) is 0 Å². The van der Waals surface area contributed by atoms with Crippen LogP contribution in [0.2, 0.25) is 0 Å². The zero-order chi connectivity index (χ0) is 11.0. The maximum atomic E-state index is 11.6. The molecular weight excluding hydrogens is 342 g/mol. The SMILES string of the molecule is O=C1CC(S)CN1c1ccc(Br)c(Br)c1. The van der Waals surface area contributed by atoms with Crippen molar-refractivity contribution in [3.05, 3.63) is 27.1 Å². The van der Waals surface area contributed by atoms with E-state index in [1.807, 2.05) is 18.2 Å². The Morgan fingerprint density at radius 3 is 2.60 bits per heavy atom. The Labute approximate surface area is 111 Å². The van der Waals surface area contributed by atoms with Crippen molar-refractivity contribution in [3.8, 4) is 0 Å². The van der Waals surface area contributed by atoms with Crippen LogP contribution in [0.15, 0.2) is 27.1 Å². The Hall–Kier alpha value is -0.000000000000000111.